The predicted molar refractivity (Wildman–Crippen MR) is 72.8 cm³/mol. The van der Waals surface area contributed by atoms with Crippen LogP contribution in [0.5, 0.6) is 0 Å². The molecule has 18 heavy (non-hydrogen) atoms. The molecule has 2 heterocycles. The Morgan fingerprint density at radius 2 is 2.39 bits per heavy atom. The van der Waals surface area contributed by atoms with E-state index in [1.54, 1.807) is 7.11 Å². The zero-order valence-electron chi connectivity index (χ0n) is 11.6. The van der Waals surface area contributed by atoms with Crippen LogP contribution in [-0.4, -0.2) is 53.8 Å². The molecule has 1 aromatic heterocycles. The number of nitrogens with zero attached hydrogens (tertiary/aromatic N) is 3. The second-order valence-corrected chi connectivity index (χ2v) is 5.13. The van der Waals surface area contributed by atoms with E-state index in [0.29, 0.717) is 12.1 Å². The average Bonchev–Trinajstić information content (AvgIpc) is 2.79. The van der Waals surface area contributed by atoms with Crippen molar-refractivity contribution in [3.63, 3.8) is 0 Å². The maximum Gasteiger partial charge on any atom is 0.203 e. The number of aromatic nitrogens is 2. The fourth-order valence-electron chi connectivity index (χ4n) is 2.42. The van der Waals surface area contributed by atoms with E-state index < -0.39 is 0 Å². The summed E-state index contributed by atoms with van der Waals surface area (Å²) in [7, 11) is 3.92. The normalized spacial score (nSPS) is 25.3. The molecule has 0 aliphatic carbocycles. The van der Waals surface area contributed by atoms with Crippen molar-refractivity contribution in [2.24, 2.45) is 0 Å². The molecule has 0 bridgehead atoms. The van der Waals surface area contributed by atoms with Gasteiger partial charge in [-0.15, -0.1) is 0 Å². The number of imidazole rings is 1. The van der Waals surface area contributed by atoms with Crippen LogP contribution >= 0.6 is 0 Å². The molecule has 0 amide bonds. The highest BCUT2D eigenvalue weighted by Crippen LogP contribution is 2.19. The number of anilines is 1. The minimum atomic E-state index is 0.528. The van der Waals surface area contributed by atoms with Crippen molar-refractivity contribution in [3.05, 3.63) is 12.4 Å². The Bertz CT molecular complexity index is 366. The van der Waals surface area contributed by atoms with Gasteiger partial charge >= 0.3 is 0 Å². The summed E-state index contributed by atoms with van der Waals surface area (Å²) in [5.74, 6) is 0.966. The van der Waals surface area contributed by atoms with E-state index in [1.165, 1.54) is 12.8 Å². The molecule has 102 valence electrons. The molecule has 5 nitrogen and oxygen atoms in total. The first-order valence-electron chi connectivity index (χ1n) is 6.67. The Hall–Kier alpha value is -1.07. The molecule has 0 spiro atoms. The number of nitrogens with one attached hydrogen (secondary N) is 1. The van der Waals surface area contributed by atoms with Gasteiger partial charge in [0.1, 0.15) is 0 Å². The summed E-state index contributed by atoms with van der Waals surface area (Å²) in [4.78, 5) is 6.80. The molecule has 1 N–H and O–H groups in total. The second-order valence-electron chi connectivity index (χ2n) is 5.13. The zero-order chi connectivity index (χ0) is 13.0. The Morgan fingerprint density at radius 3 is 3.11 bits per heavy atom. The lowest BCUT2D eigenvalue weighted by Crippen LogP contribution is -2.43. The van der Waals surface area contributed by atoms with Gasteiger partial charge in [0.15, 0.2) is 0 Å². The SMILES string of the molecule is COCCn1ccnc1NC1CCN(C)C(C)C1. The van der Waals surface area contributed by atoms with Gasteiger partial charge < -0.3 is 19.5 Å². The van der Waals surface area contributed by atoms with E-state index in [-0.39, 0.29) is 0 Å². The lowest BCUT2D eigenvalue weighted by Gasteiger charge is -2.35. The standard InChI is InChI=1S/C13H24N4O/c1-11-10-12(4-6-16(11)2)15-13-14-5-7-17(13)8-9-18-3/h5,7,11-12H,4,6,8-10H2,1-3H3,(H,14,15). The maximum absolute atomic E-state index is 5.11. The van der Waals surface area contributed by atoms with Crippen LogP contribution < -0.4 is 5.32 Å². The molecular formula is C13H24N4O. The number of likely N-dealkylation sites (tertiary alicyclic amines) is 1. The lowest BCUT2D eigenvalue weighted by atomic mass is 9.99. The van der Waals surface area contributed by atoms with Gasteiger partial charge in [0.25, 0.3) is 0 Å². The summed E-state index contributed by atoms with van der Waals surface area (Å²) in [6.07, 6.45) is 6.20. The van der Waals surface area contributed by atoms with Crippen molar-refractivity contribution >= 4 is 5.95 Å². The van der Waals surface area contributed by atoms with E-state index in [4.69, 9.17) is 4.74 Å². The quantitative estimate of drug-likeness (QED) is 0.860. The van der Waals surface area contributed by atoms with Crippen LogP contribution in [0.3, 0.4) is 0 Å². The number of ether oxygens (including phenoxy) is 1. The number of hydrogen-bond acceptors (Lipinski definition) is 4. The van der Waals surface area contributed by atoms with E-state index in [1.807, 2.05) is 12.4 Å². The van der Waals surface area contributed by atoms with Crippen molar-refractivity contribution in [2.75, 3.05) is 32.6 Å². The average molecular weight is 252 g/mol. The Labute approximate surface area is 109 Å². The van der Waals surface area contributed by atoms with E-state index >= 15 is 0 Å². The maximum atomic E-state index is 5.11. The van der Waals surface area contributed by atoms with Crippen molar-refractivity contribution in [3.8, 4) is 0 Å². The third-order valence-electron chi connectivity index (χ3n) is 3.79. The van der Waals surface area contributed by atoms with Gasteiger partial charge in [-0.2, -0.15) is 0 Å². The first-order valence-corrected chi connectivity index (χ1v) is 6.67. The monoisotopic (exact) mass is 252 g/mol. The van der Waals surface area contributed by atoms with Crippen LogP contribution in [0.4, 0.5) is 5.95 Å². The fraction of sp³-hybridized carbons (Fsp3) is 0.769. The summed E-state index contributed by atoms with van der Waals surface area (Å²) < 4.78 is 7.23. The Morgan fingerprint density at radius 1 is 1.56 bits per heavy atom. The number of methoxy groups -OCH3 is 1. The van der Waals surface area contributed by atoms with E-state index in [9.17, 15) is 0 Å². The van der Waals surface area contributed by atoms with E-state index in [0.717, 1.165) is 25.6 Å². The van der Waals surface area contributed by atoms with E-state index in [2.05, 4.69) is 33.7 Å². The molecule has 0 saturated carbocycles. The van der Waals surface area contributed by atoms with Gasteiger partial charge in [-0.1, -0.05) is 0 Å². The van der Waals surface area contributed by atoms with Gasteiger partial charge in [-0.25, -0.2) is 4.98 Å². The highest BCUT2D eigenvalue weighted by molar-refractivity contribution is 5.28. The molecule has 1 aliphatic rings. The number of rotatable bonds is 5. The highest BCUT2D eigenvalue weighted by atomic mass is 16.5. The first-order chi connectivity index (χ1) is 8.70. The van der Waals surface area contributed by atoms with Crippen LogP contribution in [0, 0.1) is 0 Å². The summed E-state index contributed by atoms with van der Waals surface area (Å²) in [5.41, 5.74) is 0. The van der Waals surface area contributed by atoms with Crippen LogP contribution in [0.1, 0.15) is 19.8 Å². The topological polar surface area (TPSA) is 42.3 Å². The largest absolute Gasteiger partial charge is 0.383 e. The lowest BCUT2D eigenvalue weighted by molar-refractivity contribution is 0.185. The van der Waals surface area contributed by atoms with Crippen LogP contribution in [-0.2, 0) is 11.3 Å². The van der Waals surface area contributed by atoms with Crippen molar-refractivity contribution in [1.29, 1.82) is 0 Å². The molecule has 1 aliphatic heterocycles. The molecule has 1 fully saturated rings. The number of piperidine rings is 1. The number of hydrogen-bond donors (Lipinski definition) is 1. The third-order valence-corrected chi connectivity index (χ3v) is 3.79. The van der Waals surface area contributed by atoms with Crippen LogP contribution in [0.15, 0.2) is 12.4 Å². The zero-order valence-corrected chi connectivity index (χ0v) is 11.6. The summed E-state index contributed by atoms with van der Waals surface area (Å²) >= 11 is 0. The van der Waals surface area contributed by atoms with Crippen molar-refractivity contribution < 1.29 is 4.74 Å². The fourth-order valence-corrected chi connectivity index (χ4v) is 2.42. The van der Waals surface area contributed by atoms with Crippen molar-refractivity contribution in [2.45, 2.75) is 38.4 Å². The third kappa shape index (κ3) is 3.23. The molecule has 1 aromatic rings. The molecule has 2 unspecified atom stereocenters. The smallest absolute Gasteiger partial charge is 0.203 e. The molecule has 0 radical (unpaired) electrons. The van der Waals surface area contributed by atoms with Gasteiger partial charge in [0.2, 0.25) is 5.95 Å². The van der Waals surface area contributed by atoms with Crippen LogP contribution in [0.25, 0.3) is 0 Å². The molecule has 2 atom stereocenters. The van der Waals surface area contributed by atoms with Gasteiger partial charge in [0.05, 0.1) is 6.61 Å². The molecule has 0 aromatic carbocycles. The molecule has 2 rings (SSSR count). The molecular weight excluding hydrogens is 228 g/mol. The van der Waals surface area contributed by atoms with Gasteiger partial charge in [-0.3, -0.25) is 0 Å². The van der Waals surface area contributed by atoms with Gasteiger partial charge in [-0.05, 0) is 26.8 Å². The Kier molecular flexibility index (Phi) is 4.60. The second kappa shape index (κ2) is 6.20. The first kappa shape index (κ1) is 13.4. The Balaban J connectivity index is 1.91. The van der Waals surface area contributed by atoms with Crippen LogP contribution in [0.2, 0.25) is 0 Å². The molecule has 1 saturated heterocycles. The summed E-state index contributed by atoms with van der Waals surface area (Å²) in [6.45, 7) is 5.00. The minimum Gasteiger partial charge on any atom is -0.383 e. The van der Waals surface area contributed by atoms with Gasteiger partial charge in [0, 0.05) is 44.7 Å². The summed E-state index contributed by atoms with van der Waals surface area (Å²) in [6, 6.07) is 1.17. The summed E-state index contributed by atoms with van der Waals surface area (Å²) in [5, 5.41) is 3.56. The minimum absolute atomic E-state index is 0.528. The van der Waals surface area contributed by atoms with Crippen molar-refractivity contribution in [1.82, 2.24) is 14.5 Å². The predicted octanol–water partition coefficient (Wildman–Crippen LogP) is 1.42. The highest BCUT2D eigenvalue weighted by Gasteiger charge is 2.23. The molecule has 5 heteroatoms.